The van der Waals surface area contributed by atoms with Crippen molar-refractivity contribution < 1.29 is 19.1 Å². The van der Waals surface area contributed by atoms with Gasteiger partial charge < -0.3 is 20.2 Å². The van der Waals surface area contributed by atoms with Gasteiger partial charge in [-0.25, -0.2) is 0 Å². The molecule has 3 aromatic carbocycles. The zero-order valence-electron chi connectivity index (χ0n) is 20.0. The molecule has 0 aliphatic heterocycles. The van der Waals surface area contributed by atoms with Crippen LogP contribution >= 0.6 is 0 Å². The van der Waals surface area contributed by atoms with E-state index in [4.69, 9.17) is 9.52 Å². The molecule has 8 heteroatoms. The zero-order valence-corrected chi connectivity index (χ0v) is 20.0. The van der Waals surface area contributed by atoms with Crippen LogP contribution < -0.4 is 10.6 Å². The number of carboxylic acid groups (broad SMARTS) is 1. The molecule has 4 aromatic rings. The molecule has 8 nitrogen and oxygen atoms in total. The van der Waals surface area contributed by atoms with Crippen molar-refractivity contribution in [3.8, 4) is 22.9 Å². The molecule has 0 saturated carbocycles. The molecule has 0 spiro atoms. The predicted molar refractivity (Wildman–Crippen MR) is 138 cm³/mol. The van der Waals surface area contributed by atoms with Crippen molar-refractivity contribution in [2.75, 3.05) is 18.4 Å². The van der Waals surface area contributed by atoms with Crippen molar-refractivity contribution >= 4 is 17.6 Å². The molecule has 1 aromatic heterocycles. The van der Waals surface area contributed by atoms with Gasteiger partial charge in [0.05, 0.1) is 6.42 Å². The number of amides is 1. The van der Waals surface area contributed by atoms with Crippen molar-refractivity contribution in [2.24, 2.45) is 5.92 Å². The van der Waals surface area contributed by atoms with E-state index in [2.05, 4.69) is 39.9 Å². The fourth-order valence-electron chi connectivity index (χ4n) is 3.71. The summed E-state index contributed by atoms with van der Waals surface area (Å²) in [4.78, 5) is 22.6. The summed E-state index contributed by atoms with van der Waals surface area (Å²) < 4.78 is 5.84. The molecule has 1 unspecified atom stereocenters. The van der Waals surface area contributed by atoms with Gasteiger partial charge >= 0.3 is 5.97 Å². The molecule has 184 valence electrons. The lowest BCUT2D eigenvalue weighted by molar-refractivity contribution is -0.136. The first kappa shape index (κ1) is 24.7. The number of carbonyl (C=O) groups is 2. The number of carbonyl (C=O) groups excluding carboxylic acids is 1. The zero-order chi connectivity index (χ0) is 25.3. The Hall–Kier alpha value is -4.46. The third-order valence-electron chi connectivity index (χ3n) is 5.66. The number of nitrogens with zero attached hydrogens (tertiary/aromatic N) is 2. The largest absolute Gasteiger partial charge is 0.481 e. The molecule has 1 amide bonds. The fourth-order valence-corrected chi connectivity index (χ4v) is 3.71. The average Bonchev–Trinajstić information content (AvgIpc) is 3.39. The maximum atomic E-state index is 12.0. The van der Waals surface area contributed by atoms with E-state index in [1.54, 1.807) is 12.1 Å². The Kier molecular flexibility index (Phi) is 8.08. The summed E-state index contributed by atoms with van der Waals surface area (Å²) in [6, 6.07) is 25.0. The Labute approximate surface area is 209 Å². The third kappa shape index (κ3) is 6.79. The Morgan fingerprint density at radius 3 is 2.17 bits per heavy atom. The number of rotatable bonds is 11. The molecule has 0 radical (unpaired) electrons. The molecule has 0 saturated heterocycles. The van der Waals surface area contributed by atoms with Gasteiger partial charge in [-0.3, -0.25) is 9.59 Å². The maximum absolute atomic E-state index is 12.0. The molecule has 0 fully saturated rings. The summed E-state index contributed by atoms with van der Waals surface area (Å²) in [5.41, 5.74) is 4.40. The van der Waals surface area contributed by atoms with Crippen LogP contribution in [0.2, 0.25) is 0 Å². The highest BCUT2D eigenvalue weighted by Gasteiger charge is 2.11. The van der Waals surface area contributed by atoms with Crippen LogP contribution in [0, 0.1) is 5.92 Å². The summed E-state index contributed by atoms with van der Waals surface area (Å²) >= 11 is 0. The van der Waals surface area contributed by atoms with E-state index in [1.165, 1.54) is 5.56 Å². The SMILES string of the molecule is CC(CNc1ccc(C(=O)NCCC(=O)O)cc1)Cc1ccc(-c2nnc(-c3ccccc3)o2)cc1. The number of anilines is 1. The molecule has 1 heterocycles. The molecule has 1 atom stereocenters. The van der Waals surface area contributed by atoms with Crippen molar-refractivity contribution in [1.82, 2.24) is 15.5 Å². The van der Waals surface area contributed by atoms with E-state index < -0.39 is 5.97 Å². The number of hydrogen-bond acceptors (Lipinski definition) is 6. The highest BCUT2D eigenvalue weighted by Crippen LogP contribution is 2.24. The number of hydrogen-bond donors (Lipinski definition) is 3. The molecule has 0 bridgehead atoms. The molecular weight excluding hydrogens is 456 g/mol. The number of aromatic nitrogens is 2. The van der Waals surface area contributed by atoms with Gasteiger partial charge in [0.25, 0.3) is 5.91 Å². The Morgan fingerprint density at radius 1 is 0.889 bits per heavy atom. The second-order valence-corrected chi connectivity index (χ2v) is 8.64. The smallest absolute Gasteiger partial charge is 0.305 e. The second kappa shape index (κ2) is 11.8. The monoisotopic (exact) mass is 484 g/mol. The first-order valence-electron chi connectivity index (χ1n) is 11.8. The standard InChI is InChI=1S/C28H28N4O4/c1-19(18-30-24-13-11-21(12-14-24)26(35)29-16-15-25(33)34)17-20-7-9-23(10-8-20)28-32-31-27(36-28)22-5-3-2-4-6-22/h2-14,19,30H,15-18H2,1H3,(H,29,35)(H,33,34). The highest BCUT2D eigenvalue weighted by molar-refractivity contribution is 5.94. The van der Waals surface area contributed by atoms with Gasteiger partial charge in [-0.15, -0.1) is 10.2 Å². The molecule has 0 aliphatic rings. The normalized spacial score (nSPS) is 11.6. The van der Waals surface area contributed by atoms with Gasteiger partial charge in [0.15, 0.2) is 0 Å². The van der Waals surface area contributed by atoms with Crippen LogP contribution in [0.3, 0.4) is 0 Å². The lowest BCUT2D eigenvalue weighted by atomic mass is 10.00. The van der Waals surface area contributed by atoms with Gasteiger partial charge in [0.2, 0.25) is 11.8 Å². The van der Waals surface area contributed by atoms with Crippen molar-refractivity contribution in [3.63, 3.8) is 0 Å². The second-order valence-electron chi connectivity index (χ2n) is 8.64. The van der Waals surface area contributed by atoms with Gasteiger partial charge in [-0.2, -0.15) is 0 Å². The van der Waals surface area contributed by atoms with E-state index in [1.807, 2.05) is 54.6 Å². The van der Waals surface area contributed by atoms with Crippen LogP contribution in [-0.4, -0.2) is 40.3 Å². The minimum absolute atomic E-state index is 0.0991. The predicted octanol–water partition coefficient (Wildman–Crippen LogP) is 4.90. The van der Waals surface area contributed by atoms with Crippen LogP contribution in [-0.2, 0) is 11.2 Å². The van der Waals surface area contributed by atoms with E-state index in [0.29, 0.717) is 23.3 Å². The average molecular weight is 485 g/mol. The van der Waals surface area contributed by atoms with E-state index in [-0.39, 0.29) is 18.9 Å². The summed E-state index contributed by atoms with van der Waals surface area (Å²) in [6.45, 7) is 3.06. The topological polar surface area (TPSA) is 117 Å². The minimum Gasteiger partial charge on any atom is -0.481 e. The molecule has 0 aliphatic carbocycles. The third-order valence-corrected chi connectivity index (χ3v) is 5.66. The van der Waals surface area contributed by atoms with Crippen molar-refractivity contribution in [3.05, 3.63) is 90.0 Å². The van der Waals surface area contributed by atoms with Gasteiger partial charge in [0.1, 0.15) is 0 Å². The first-order chi connectivity index (χ1) is 17.5. The van der Waals surface area contributed by atoms with Gasteiger partial charge in [0, 0.05) is 35.5 Å². The van der Waals surface area contributed by atoms with E-state index in [0.717, 1.165) is 29.8 Å². The van der Waals surface area contributed by atoms with Gasteiger partial charge in [-0.1, -0.05) is 37.3 Å². The Balaban J connectivity index is 1.25. The molecule has 3 N–H and O–H groups in total. The highest BCUT2D eigenvalue weighted by atomic mass is 16.4. The molecule has 4 rings (SSSR count). The summed E-state index contributed by atoms with van der Waals surface area (Å²) in [5, 5.41) is 23.0. The van der Waals surface area contributed by atoms with E-state index in [9.17, 15) is 9.59 Å². The summed E-state index contributed by atoms with van der Waals surface area (Å²) in [7, 11) is 0. The van der Waals surface area contributed by atoms with Crippen LogP contribution in [0.1, 0.15) is 29.3 Å². The number of nitrogens with one attached hydrogen (secondary N) is 2. The summed E-state index contributed by atoms with van der Waals surface area (Å²) in [6.07, 6.45) is 0.800. The van der Waals surface area contributed by atoms with Crippen molar-refractivity contribution in [1.29, 1.82) is 0 Å². The lowest BCUT2D eigenvalue weighted by Crippen LogP contribution is -2.25. The van der Waals surface area contributed by atoms with Crippen LogP contribution in [0.25, 0.3) is 22.9 Å². The quantitative estimate of drug-likeness (QED) is 0.277. The van der Waals surface area contributed by atoms with Gasteiger partial charge in [-0.05, 0) is 66.4 Å². The first-order valence-corrected chi connectivity index (χ1v) is 11.8. The minimum atomic E-state index is -0.941. The van der Waals surface area contributed by atoms with E-state index >= 15 is 0 Å². The fraction of sp³-hybridized carbons (Fsp3) is 0.214. The van der Waals surface area contributed by atoms with Crippen LogP contribution in [0.15, 0.2) is 83.3 Å². The van der Waals surface area contributed by atoms with Crippen LogP contribution in [0.4, 0.5) is 5.69 Å². The number of carboxylic acids is 1. The number of aliphatic carboxylic acids is 1. The Bertz CT molecular complexity index is 1290. The number of benzene rings is 3. The van der Waals surface area contributed by atoms with Crippen LogP contribution in [0.5, 0.6) is 0 Å². The molecule has 36 heavy (non-hydrogen) atoms. The van der Waals surface area contributed by atoms with Crippen molar-refractivity contribution in [2.45, 2.75) is 19.8 Å². The summed E-state index contributed by atoms with van der Waals surface area (Å²) in [5.74, 6) is 0.152. The maximum Gasteiger partial charge on any atom is 0.305 e. The Morgan fingerprint density at radius 2 is 1.53 bits per heavy atom. The lowest BCUT2D eigenvalue weighted by Gasteiger charge is -2.14. The molecular formula is C28H28N4O4.